The SMILES string of the molecule is N#C/C(=C/Nc1ccc(N)cc1)C(=O)NCc1cccnc1. The molecule has 1 aromatic heterocycles. The molecule has 2 rings (SSSR count). The van der Waals surface area contributed by atoms with Gasteiger partial charge in [-0.3, -0.25) is 9.78 Å². The molecular weight excluding hydrogens is 278 g/mol. The van der Waals surface area contributed by atoms with E-state index >= 15 is 0 Å². The Morgan fingerprint density at radius 1 is 1.32 bits per heavy atom. The summed E-state index contributed by atoms with van der Waals surface area (Å²) in [4.78, 5) is 15.9. The number of nitrogens with one attached hydrogen (secondary N) is 2. The predicted molar refractivity (Wildman–Crippen MR) is 84.3 cm³/mol. The number of nitrogens with two attached hydrogens (primary N) is 1. The van der Waals surface area contributed by atoms with E-state index in [0.29, 0.717) is 12.2 Å². The van der Waals surface area contributed by atoms with Gasteiger partial charge in [-0.1, -0.05) is 6.07 Å². The molecule has 0 radical (unpaired) electrons. The standard InChI is InChI=1S/C16H15N5O/c17-8-13(11-20-15-5-3-14(18)4-6-15)16(22)21-10-12-2-1-7-19-9-12/h1-7,9,11,20H,10,18H2,(H,21,22)/b13-11-. The maximum atomic E-state index is 11.9. The van der Waals surface area contributed by atoms with Crippen LogP contribution in [0.1, 0.15) is 5.56 Å². The number of nitrogens with zero attached hydrogens (tertiary/aromatic N) is 2. The minimum Gasteiger partial charge on any atom is -0.399 e. The maximum Gasteiger partial charge on any atom is 0.263 e. The molecule has 2 aromatic rings. The molecule has 0 bridgehead atoms. The van der Waals surface area contributed by atoms with Crippen LogP contribution >= 0.6 is 0 Å². The number of pyridine rings is 1. The van der Waals surface area contributed by atoms with Gasteiger partial charge in [-0.15, -0.1) is 0 Å². The van der Waals surface area contributed by atoms with Crippen molar-refractivity contribution in [3.63, 3.8) is 0 Å². The van der Waals surface area contributed by atoms with Crippen molar-refractivity contribution in [3.8, 4) is 6.07 Å². The van der Waals surface area contributed by atoms with Crippen molar-refractivity contribution in [2.45, 2.75) is 6.54 Å². The van der Waals surface area contributed by atoms with Gasteiger partial charge in [-0.05, 0) is 35.9 Å². The molecule has 0 aliphatic rings. The van der Waals surface area contributed by atoms with Crippen molar-refractivity contribution >= 4 is 17.3 Å². The van der Waals surface area contributed by atoms with E-state index in [4.69, 9.17) is 11.0 Å². The van der Waals surface area contributed by atoms with Gasteiger partial charge in [0.05, 0.1) is 0 Å². The Hall–Kier alpha value is -3.33. The Kier molecular flexibility index (Phi) is 5.10. The first-order valence-electron chi connectivity index (χ1n) is 6.58. The van der Waals surface area contributed by atoms with E-state index < -0.39 is 5.91 Å². The fourth-order valence-corrected chi connectivity index (χ4v) is 1.66. The fourth-order valence-electron chi connectivity index (χ4n) is 1.66. The number of aromatic nitrogens is 1. The number of anilines is 2. The highest BCUT2D eigenvalue weighted by molar-refractivity contribution is 5.97. The zero-order valence-corrected chi connectivity index (χ0v) is 11.8. The molecule has 22 heavy (non-hydrogen) atoms. The number of hydrogen-bond acceptors (Lipinski definition) is 5. The van der Waals surface area contributed by atoms with Gasteiger partial charge in [-0.25, -0.2) is 0 Å². The highest BCUT2D eigenvalue weighted by atomic mass is 16.1. The van der Waals surface area contributed by atoms with Crippen molar-refractivity contribution in [3.05, 3.63) is 66.1 Å². The largest absolute Gasteiger partial charge is 0.399 e. The van der Waals surface area contributed by atoms with Crippen LogP contribution in [0.4, 0.5) is 11.4 Å². The Morgan fingerprint density at radius 2 is 2.09 bits per heavy atom. The average Bonchev–Trinajstić information content (AvgIpc) is 2.56. The molecule has 0 saturated carbocycles. The monoisotopic (exact) mass is 293 g/mol. The molecule has 6 heteroatoms. The maximum absolute atomic E-state index is 11.9. The van der Waals surface area contributed by atoms with E-state index in [2.05, 4.69) is 15.6 Å². The van der Waals surface area contributed by atoms with E-state index in [9.17, 15) is 4.79 Å². The predicted octanol–water partition coefficient (Wildman–Crippen LogP) is 1.80. The second kappa shape index (κ2) is 7.45. The van der Waals surface area contributed by atoms with E-state index in [1.807, 2.05) is 12.1 Å². The summed E-state index contributed by atoms with van der Waals surface area (Å²) in [6, 6.07) is 12.5. The quantitative estimate of drug-likeness (QED) is 0.443. The van der Waals surface area contributed by atoms with E-state index in [1.165, 1.54) is 6.20 Å². The number of hydrogen-bond donors (Lipinski definition) is 3. The van der Waals surface area contributed by atoms with Crippen molar-refractivity contribution in [1.29, 1.82) is 5.26 Å². The van der Waals surface area contributed by atoms with Crippen molar-refractivity contribution in [1.82, 2.24) is 10.3 Å². The van der Waals surface area contributed by atoms with Gasteiger partial charge >= 0.3 is 0 Å². The summed E-state index contributed by atoms with van der Waals surface area (Å²) in [6.45, 7) is 0.313. The summed E-state index contributed by atoms with van der Waals surface area (Å²) in [6.07, 6.45) is 4.68. The summed E-state index contributed by atoms with van der Waals surface area (Å²) in [5.41, 5.74) is 7.82. The lowest BCUT2D eigenvalue weighted by molar-refractivity contribution is -0.117. The Balaban J connectivity index is 1.95. The third-order valence-corrected chi connectivity index (χ3v) is 2.83. The van der Waals surface area contributed by atoms with Crippen LogP contribution in [0.5, 0.6) is 0 Å². The van der Waals surface area contributed by atoms with Gasteiger partial charge in [0.2, 0.25) is 0 Å². The molecule has 1 amide bonds. The van der Waals surface area contributed by atoms with Crippen LogP contribution in [0.3, 0.4) is 0 Å². The second-order valence-electron chi connectivity index (χ2n) is 4.48. The van der Waals surface area contributed by atoms with Crippen LogP contribution < -0.4 is 16.4 Å². The lowest BCUT2D eigenvalue weighted by atomic mass is 10.2. The lowest BCUT2D eigenvalue weighted by Crippen LogP contribution is -2.24. The normalized spacial score (nSPS) is 10.6. The van der Waals surface area contributed by atoms with Crippen LogP contribution in [0, 0.1) is 11.3 Å². The summed E-state index contributed by atoms with van der Waals surface area (Å²) in [7, 11) is 0. The topological polar surface area (TPSA) is 104 Å². The second-order valence-corrected chi connectivity index (χ2v) is 4.48. The number of nitrogen functional groups attached to an aromatic ring is 1. The van der Waals surface area contributed by atoms with Crippen LogP contribution in [0.15, 0.2) is 60.6 Å². The molecule has 0 atom stereocenters. The smallest absolute Gasteiger partial charge is 0.263 e. The minimum atomic E-state index is -0.450. The zero-order chi connectivity index (χ0) is 15.8. The molecule has 0 fully saturated rings. The van der Waals surface area contributed by atoms with Crippen molar-refractivity contribution in [2.75, 3.05) is 11.1 Å². The van der Waals surface area contributed by atoms with Crippen LogP contribution in [-0.4, -0.2) is 10.9 Å². The van der Waals surface area contributed by atoms with Crippen molar-refractivity contribution in [2.24, 2.45) is 0 Å². The first-order valence-corrected chi connectivity index (χ1v) is 6.58. The molecule has 0 aliphatic heterocycles. The number of nitriles is 1. The number of amides is 1. The molecule has 0 unspecified atom stereocenters. The van der Waals surface area contributed by atoms with Gasteiger partial charge in [0.25, 0.3) is 5.91 Å². The number of carbonyl (C=O) groups is 1. The fraction of sp³-hybridized carbons (Fsp3) is 0.0625. The van der Waals surface area contributed by atoms with E-state index in [1.54, 1.807) is 42.7 Å². The molecule has 6 nitrogen and oxygen atoms in total. The molecule has 1 heterocycles. The summed E-state index contributed by atoms with van der Waals surface area (Å²) in [5.74, 6) is -0.450. The summed E-state index contributed by atoms with van der Waals surface area (Å²) >= 11 is 0. The van der Waals surface area contributed by atoms with Gasteiger partial charge < -0.3 is 16.4 Å². The zero-order valence-electron chi connectivity index (χ0n) is 11.8. The first-order chi connectivity index (χ1) is 10.7. The van der Waals surface area contributed by atoms with Crippen LogP contribution in [-0.2, 0) is 11.3 Å². The van der Waals surface area contributed by atoms with Crippen LogP contribution in [0.25, 0.3) is 0 Å². The molecular formula is C16H15N5O. The third-order valence-electron chi connectivity index (χ3n) is 2.83. The summed E-state index contributed by atoms with van der Waals surface area (Å²) < 4.78 is 0. The molecule has 0 aliphatic carbocycles. The Labute approximate surface area is 128 Å². The molecule has 110 valence electrons. The molecule has 0 spiro atoms. The number of rotatable bonds is 5. The van der Waals surface area contributed by atoms with Gasteiger partial charge in [-0.2, -0.15) is 5.26 Å². The number of benzene rings is 1. The van der Waals surface area contributed by atoms with Gasteiger partial charge in [0.15, 0.2) is 0 Å². The number of carbonyl (C=O) groups excluding carboxylic acids is 1. The average molecular weight is 293 g/mol. The Morgan fingerprint density at radius 3 is 2.73 bits per heavy atom. The third kappa shape index (κ3) is 4.35. The van der Waals surface area contributed by atoms with Crippen LogP contribution in [0.2, 0.25) is 0 Å². The highest BCUT2D eigenvalue weighted by Crippen LogP contribution is 2.11. The summed E-state index contributed by atoms with van der Waals surface area (Å²) in [5, 5.41) is 14.6. The van der Waals surface area contributed by atoms with Gasteiger partial charge in [0, 0.05) is 36.5 Å². The molecule has 0 saturated heterocycles. The van der Waals surface area contributed by atoms with E-state index in [0.717, 1.165) is 11.3 Å². The Bertz CT molecular complexity index is 702. The minimum absolute atomic E-state index is 0.0132. The first kappa shape index (κ1) is 15.1. The lowest BCUT2D eigenvalue weighted by Gasteiger charge is -2.05. The molecule has 1 aromatic carbocycles. The molecule has 4 N–H and O–H groups in total. The van der Waals surface area contributed by atoms with E-state index in [-0.39, 0.29) is 5.57 Å². The highest BCUT2D eigenvalue weighted by Gasteiger charge is 2.08. The van der Waals surface area contributed by atoms with Crippen molar-refractivity contribution < 1.29 is 4.79 Å². The van der Waals surface area contributed by atoms with Gasteiger partial charge in [0.1, 0.15) is 11.6 Å².